The molecule has 0 atom stereocenters. The minimum Gasteiger partial charge on any atom is -0.308 e. The standard InChI is InChI=1S/C12H12Cl2N4/c13-11-4-3-9(5-12(11)14)18-10(7-16-17-18)6-15-8-1-2-8/h3-5,7-8,15H,1-2,6H2. The maximum Gasteiger partial charge on any atom is 0.0783 e. The van der Waals surface area contributed by atoms with Gasteiger partial charge in [-0.1, -0.05) is 28.4 Å². The van der Waals surface area contributed by atoms with Crippen molar-refractivity contribution >= 4 is 23.2 Å². The third kappa shape index (κ3) is 2.51. The molecule has 0 aliphatic heterocycles. The molecule has 6 heteroatoms. The summed E-state index contributed by atoms with van der Waals surface area (Å²) in [7, 11) is 0. The molecule has 1 fully saturated rings. The van der Waals surface area contributed by atoms with E-state index in [0.717, 1.165) is 17.9 Å². The number of halogens is 2. The molecule has 0 spiro atoms. The van der Waals surface area contributed by atoms with Crippen LogP contribution >= 0.6 is 23.2 Å². The summed E-state index contributed by atoms with van der Waals surface area (Å²) in [5, 5.41) is 12.5. The maximum absolute atomic E-state index is 6.01. The van der Waals surface area contributed by atoms with E-state index >= 15 is 0 Å². The molecule has 1 aromatic carbocycles. The molecule has 1 aliphatic carbocycles. The van der Waals surface area contributed by atoms with Crippen LogP contribution < -0.4 is 5.32 Å². The highest BCUT2D eigenvalue weighted by molar-refractivity contribution is 6.42. The Morgan fingerprint density at radius 2 is 2.11 bits per heavy atom. The Labute approximate surface area is 115 Å². The molecule has 0 saturated heterocycles. The van der Waals surface area contributed by atoms with Crippen LogP contribution in [0.25, 0.3) is 5.69 Å². The van der Waals surface area contributed by atoms with Gasteiger partial charge in [0.1, 0.15) is 0 Å². The van der Waals surface area contributed by atoms with E-state index in [1.165, 1.54) is 12.8 Å². The van der Waals surface area contributed by atoms with Gasteiger partial charge in [-0.15, -0.1) is 5.10 Å². The fourth-order valence-corrected chi connectivity index (χ4v) is 2.04. The highest BCUT2D eigenvalue weighted by atomic mass is 35.5. The minimum absolute atomic E-state index is 0.519. The summed E-state index contributed by atoms with van der Waals surface area (Å²) >= 11 is 11.9. The van der Waals surface area contributed by atoms with Crippen LogP contribution in [-0.2, 0) is 6.54 Å². The van der Waals surface area contributed by atoms with Crippen molar-refractivity contribution in [3.63, 3.8) is 0 Å². The van der Waals surface area contributed by atoms with Crippen molar-refractivity contribution < 1.29 is 0 Å². The summed E-state index contributed by atoms with van der Waals surface area (Å²) < 4.78 is 1.78. The van der Waals surface area contributed by atoms with E-state index in [-0.39, 0.29) is 0 Å². The summed E-state index contributed by atoms with van der Waals surface area (Å²) in [6.45, 7) is 0.762. The van der Waals surface area contributed by atoms with Gasteiger partial charge in [0.15, 0.2) is 0 Å². The first-order valence-electron chi connectivity index (χ1n) is 5.82. The summed E-state index contributed by atoms with van der Waals surface area (Å²) in [4.78, 5) is 0. The predicted molar refractivity (Wildman–Crippen MR) is 71.2 cm³/mol. The van der Waals surface area contributed by atoms with Crippen LogP contribution in [0.5, 0.6) is 0 Å². The Hall–Kier alpha value is -1.10. The van der Waals surface area contributed by atoms with Crippen LogP contribution in [0.4, 0.5) is 0 Å². The molecule has 0 unspecified atom stereocenters. The van der Waals surface area contributed by atoms with Crippen molar-refractivity contribution in [2.45, 2.75) is 25.4 Å². The van der Waals surface area contributed by atoms with Crippen LogP contribution in [0.15, 0.2) is 24.4 Å². The molecule has 0 radical (unpaired) electrons. The Kier molecular flexibility index (Phi) is 3.24. The topological polar surface area (TPSA) is 42.7 Å². The number of nitrogens with one attached hydrogen (secondary N) is 1. The molecule has 1 saturated carbocycles. The first-order valence-corrected chi connectivity index (χ1v) is 6.58. The smallest absolute Gasteiger partial charge is 0.0783 e. The zero-order valence-corrected chi connectivity index (χ0v) is 11.1. The average molecular weight is 283 g/mol. The molecular formula is C12H12Cl2N4. The van der Waals surface area contributed by atoms with E-state index in [1.807, 2.05) is 6.07 Å². The molecule has 1 N–H and O–H groups in total. The SMILES string of the molecule is Clc1ccc(-n2nncc2CNC2CC2)cc1Cl. The number of hydrogen-bond donors (Lipinski definition) is 1. The molecule has 3 rings (SSSR count). The Bertz CT molecular complexity index is 563. The summed E-state index contributed by atoms with van der Waals surface area (Å²) in [5.74, 6) is 0. The van der Waals surface area contributed by atoms with Crippen LogP contribution in [0.1, 0.15) is 18.5 Å². The molecule has 4 nitrogen and oxygen atoms in total. The van der Waals surface area contributed by atoms with E-state index in [1.54, 1.807) is 23.0 Å². The molecule has 1 heterocycles. The van der Waals surface area contributed by atoms with E-state index in [9.17, 15) is 0 Å². The second-order valence-electron chi connectivity index (χ2n) is 4.39. The zero-order valence-electron chi connectivity index (χ0n) is 9.61. The van der Waals surface area contributed by atoms with E-state index in [4.69, 9.17) is 23.2 Å². The second-order valence-corrected chi connectivity index (χ2v) is 5.21. The highest BCUT2D eigenvalue weighted by Gasteiger charge is 2.21. The van der Waals surface area contributed by atoms with Gasteiger partial charge in [-0.3, -0.25) is 0 Å². The fraction of sp³-hybridized carbons (Fsp3) is 0.333. The molecular weight excluding hydrogens is 271 g/mol. The van der Waals surface area contributed by atoms with Gasteiger partial charge >= 0.3 is 0 Å². The lowest BCUT2D eigenvalue weighted by Gasteiger charge is -2.07. The minimum atomic E-state index is 0.519. The van der Waals surface area contributed by atoms with Gasteiger partial charge in [0, 0.05) is 12.6 Å². The summed E-state index contributed by atoms with van der Waals surface area (Å²) in [6, 6.07) is 6.09. The van der Waals surface area contributed by atoms with Gasteiger partial charge in [-0.2, -0.15) is 0 Å². The van der Waals surface area contributed by atoms with Gasteiger partial charge in [0.05, 0.1) is 27.6 Å². The van der Waals surface area contributed by atoms with Crippen molar-refractivity contribution in [2.75, 3.05) is 0 Å². The molecule has 1 aliphatic rings. The number of hydrogen-bond acceptors (Lipinski definition) is 3. The van der Waals surface area contributed by atoms with Crippen molar-refractivity contribution in [3.8, 4) is 5.69 Å². The van der Waals surface area contributed by atoms with Crippen molar-refractivity contribution in [1.29, 1.82) is 0 Å². The number of nitrogens with zero attached hydrogens (tertiary/aromatic N) is 3. The first kappa shape index (κ1) is 12.0. The van der Waals surface area contributed by atoms with Crippen molar-refractivity contribution in [2.24, 2.45) is 0 Å². The van der Waals surface area contributed by atoms with Crippen LogP contribution in [-0.4, -0.2) is 21.0 Å². The molecule has 18 heavy (non-hydrogen) atoms. The van der Waals surface area contributed by atoms with Crippen LogP contribution in [0, 0.1) is 0 Å². The second kappa shape index (κ2) is 4.88. The lowest BCUT2D eigenvalue weighted by atomic mass is 10.3. The third-order valence-corrected chi connectivity index (χ3v) is 3.66. The highest BCUT2D eigenvalue weighted by Crippen LogP contribution is 2.25. The van der Waals surface area contributed by atoms with Gasteiger partial charge in [-0.25, -0.2) is 4.68 Å². The van der Waals surface area contributed by atoms with Crippen molar-refractivity contribution in [3.05, 3.63) is 40.1 Å². The maximum atomic E-state index is 6.01. The third-order valence-electron chi connectivity index (χ3n) is 2.92. The Morgan fingerprint density at radius 3 is 2.83 bits per heavy atom. The lowest BCUT2D eigenvalue weighted by Crippen LogP contribution is -2.18. The first-order chi connectivity index (χ1) is 8.74. The summed E-state index contributed by atoms with van der Waals surface area (Å²) in [6.07, 6.45) is 4.28. The van der Waals surface area contributed by atoms with Gasteiger partial charge in [0.25, 0.3) is 0 Å². The Balaban J connectivity index is 1.85. The van der Waals surface area contributed by atoms with E-state index in [2.05, 4.69) is 15.6 Å². The zero-order chi connectivity index (χ0) is 12.5. The fourth-order valence-electron chi connectivity index (χ4n) is 1.75. The molecule has 1 aromatic heterocycles. The molecule has 2 aromatic rings. The van der Waals surface area contributed by atoms with Crippen LogP contribution in [0.2, 0.25) is 10.0 Å². The van der Waals surface area contributed by atoms with E-state index in [0.29, 0.717) is 16.1 Å². The number of benzene rings is 1. The molecule has 94 valence electrons. The van der Waals surface area contributed by atoms with E-state index < -0.39 is 0 Å². The normalized spacial score (nSPS) is 15.0. The van der Waals surface area contributed by atoms with Crippen LogP contribution in [0.3, 0.4) is 0 Å². The predicted octanol–water partition coefficient (Wildman–Crippen LogP) is 2.83. The quantitative estimate of drug-likeness (QED) is 0.938. The van der Waals surface area contributed by atoms with Crippen molar-refractivity contribution in [1.82, 2.24) is 20.3 Å². The average Bonchev–Trinajstić information content (AvgIpc) is 3.08. The molecule has 0 bridgehead atoms. The largest absolute Gasteiger partial charge is 0.308 e. The number of rotatable bonds is 4. The monoisotopic (exact) mass is 282 g/mol. The van der Waals surface area contributed by atoms with Gasteiger partial charge in [-0.05, 0) is 31.0 Å². The lowest BCUT2D eigenvalue weighted by molar-refractivity contribution is 0.647. The summed E-state index contributed by atoms with van der Waals surface area (Å²) in [5.41, 5.74) is 1.88. The Morgan fingerprint density at radius 1 is 1.28 bits per heavy atom. The van der Waals surface area contributed by atoms with Gasteiger partial charge in [0.2, 0.25) is 0 Å². The number of aromatic nitrogens is 3. The van der Waals surface area contributed by atoms with Gasteiger partial charge < -0.3 is 5.32 Å². The molecule has 0 amide bonds.